The standard InChI is InChI=1S/C10H20N4O2S/c1-8(2)4-9(11)5-13-17(15,16)10-6-12-14(3)7-10/h6-9,13H,4-5,11H2,1-3H3. The normalized spacial score (nSPS) is 14.2. The van der Waals surface area contributed by atoms with E-state index in [9.17, 15) is 8.42 Å². The fraction of sp³-hybridized carbons (Fsp3) is 0.700. The summed E-state index contributed by atoms with van der Waals surface area (Å²) < 4.78 is 27.6. The summed E-state index contributed by atoms with van der Waals surface area (Å²) in [6.07, 6.45) is 3.56. The van der Waals surface area contributed by atoms with Gasteiger partial charge in [-0.05, 0) is 12.3 Å². The van der Waals surface area contributed by atoms with Gasteiger partial charge < -0.3 is 5.73 Å². The van der Waals surface area contributed by atoms with E-state index < -0.39 is 10.0 Å². The number of aromatic nitrogens is 2. The zero-order chi connectivity index (χ0) is 13.1. The summed E-state index contributed by atoms with van der Waals surface area (Å²) in [6, 6.07) is -0.165. The Morgan fingerprint density at radius 3 is 2.65 bits per heavy atom. The van der Waals surface area contributed by atoms with Crippen molar-refractivity contribution in [2.24, 2.45) is 18.7 Å². The van der Waals surface area contributed by atoms with Crippen LogP contribution in [0, 0.1) is 5.92 Å². The van der Waals surface area contributed by atoms with E-state index in [1.807, 2.05) is 0 Å². The number of nitrogens with zero attached hydrogens (tertiary/aromatic N) is 2. The third-order valence-corrected chi connectivity index (χ3v) is 3.68. The van der Waals surface area contributed by atoms with E-state index in [2.05, 4.69) is 23.7 Å². The molecule has 0 spiro atoms. The van der Waals surface area contributed by atoms with Crippen molar-refractivity contribution in [3.8, 4) is 0 Å². The molecule has 3 N–H and O–H groups in total. The molecule has 1 unspecified atom stereocenters. The number of hydrogen-bond acceptors (Lipinski definition) is 4. The van der Waals surface area contributed by atoms with Crippen molar-refractivity contribution in [1.82, 2.24) is 14.5 Å². The van der Waals surface area contributed by atoms with Gasteiger partial charge in [-0.25, -0.2) is 13.1 Å². The summed E-state index contributed by atoms with van der Waals surface area (Å²) >= 11 is 0. The van der Waals surface area contributed by atoms with Gasteiger partial charge in [0, 0.05) is 25.8 Å². The molecule has 1 aromatic rings. The maximum atomic E-state index is 11.8. The lowest BCUT2D eigenvalue weighted by Gasteiger charge is -2.14. The van der Waals surface area contributed by atoms with Crippen LogP contribution < -0.4 is 10.5 Å². The second-order valence-corrected chi connectivity index (χ2v) is 6.36. The summed E-state index contributed by atoms with van der Waals surface area (Å²) in [5.74, 6) is 0.452. The molecule has 0 aliphatic heterocycles. The number of aryl methyl sites for hydroxylation is 1. The van der Waals surface area contributed by atoms with Crippen LogP contribution in [-0.4, -0.2) is 30.8 Å². The molecule has 0 aromatic carbocycles. The summed E-state index contributed by atoms with van der Waals surface area (Å²) in [7, 11) is -1.81. The zero-order valence-corrected chi connectivity index (χ0v) is 11.2. The first-order valence-electron chi connectivity index (χ1n) is 5.55. The van der Waals surface area contributed by atoms with Crippen molar-refractivity contribution >= 4 is 10.0 Å². The molecule has 6 nitrogen and oxygen atoms in total. The minimum atomic E-state index is -3.48. The van der Waals surface area contributed by atoms with Gasteiger partial charge in [-0.1, -0.05) is 13.8 Å². The van der Waals surface area contributed by atoms with Gasteiger partial charge in [0.15, 0.2) is 0 Å². The second kappa shape index (κ2) is 5.61. The predicted molar refractivity (Wildman–Crippen MR) is 65.8 cm³/mol. The summed E-state index contributed by atoms with van der Waals surface area (Å²) in [4.78, 5) is 0.164. The molecule has 0 aliphatic carbocycles. The summed E-state index contributed by atoms with van der Waals surface area (Å²) in [5, 5.41) is 3.82. The molecule has 7 heteroatoms. The maximum Gasteiger partial charge on any atom is 0.243 e. The Balaban J connectivity index is 2.56. The van der Waals surface area contributed by atoms with Gasteiger partial charge in [0.25, 0.3) is 0 Å². The van der Waals surface area contributed by atoms with E-state index in [4.69, 9.17) is 5.73 Å². The first-order chi connectivity index (χ1) is 7.81. The van der Waals surface area contributed by atoms with Crippen molar-refractivity contribution in [3.05, 3.63) is 12.4 Å². The highest BCUT2D eigenvalue weighted by molar-refractivity contribution is 7.89. The first-order valence-corrected chi connectivity index (χ1v) is 7.03. The summed E-state index contributed by atoms with van der Waals surface area (Å²) in [6.45, 7) is 4.35. The van der Waals surface area contributed by atoms with Crippen molar-refractivity contribution in [2.75, 3.05) is 6.54 Å². The van der Waals surface area contributed by atoms with Gasteiger partial charge in [-0.3, -0.25) is 4.68 Å². The maximum absolute atomic E-state index is 11.8. The molecule has 1 rings (SSSR count). The average Bonchev–Trinajstić information content (AvgIpc) is 2.62. The Morgan fingerprint density at radius 2 is 2.18 bits per heavy atom. The largest absolute Gasteiger partial charge is 0.327 e. The van der Waals surface area contributed by atoms with E-state index in [1.165, 1.54) is 17.1 Å². The van der Waals surface area contributed by atoms with Crippen LogP contribution in [0.25, 0.3) is 0 Å². The molecule has 1 aromatic heterocycles. The van der Waals surface area contributed by atoms with E-state index in [0.717, 1.165) is 6.42 Å². The Kier molecular flexibility index (Phi) is 4.67. The molecule has 0 fully saturated rings. The highest BCUT2D eigenvalue weighted by Crippen LogP contribution is 2.07. The quantitative estimate of drug-likeness (QED) is 0.757. The molecule has 0 radical (unpaired) electrons. The Hall–Kier alpha value is -0.920. The van der Waals surface area contributed by atoms with Crippen LogP contribution in [0.15, 0.2) is 17.3 Å². The molecule has 1 atom stereocenters. The smallest absolute Gasteiger partial charge is 0.243 e. The number of rotatable bonds is 6. The molecular weight excluding hydrogens is 240 g/mol. The van der Waals surface area contributed by atoms with Crippen molar-refractivity contribution in [1.29, 1.82) is 0 Å². The SMILES string of the molecule is CC(C)CC(N)CNS(=O)(=O)c1cnn(C)c1. The number of nitrogens with two attached hydrogens (primary N) is 1. The fourth-order valence-corrected chi connectivity index (χ4v) is 2.60. The molecule has 0 saturated heterocycles. The van der Waals surface area contributed by atoms with Gasteiger partial charge in [0.1, 0.15) is 4.90 Å². The van der Waals surface area contributed by atoms with E-state index in [1.54, 1.807) is 7.05 Å². The van der Waals surface area contributed by atoms with Crippen LogP contribution in [0.3, 0.4) is 0 Å². The topological polar surface area (TPSA) is 90.0 Å². The number of hydrogen-bond donors (Lipinski definition) is 2. The Bertz CT molecular complexity index is 453. The molecule has 0 aliphatic rings. The van der Waals surface area contributed by atoms with Gasteiger partial charge >= 0.3 is 0 Å². The van der Waals surface area contributed by atoms with Crippen LogP contribution in [-0.2, 0) is 17.1 Å². The first kappa shape index (κ1) is 14.1. The van der Waals surface area contributed by atoms with Crippen LogP contribution in [0.2, 0.25) is 0 Å². The molecule has 0 amide bonds. The lowest BCUT2D eigenvalue weighted by Crippen LogP contribution is -2.37. The van der Waals surface area contributed by atoms with Crippen LogP contribution in [0.5, 0.6) is 0 Å². The van der Waals surface area contributed by atoms with Gasteiger partial charge in [0.05, 0.1) is 6.20 Å². The highest BCUT2D eigenvalue weighted by atomic mass is 32.2. The molecule has 0 bridgehead atoms. The lowest BCUT2D eigenvalue weighted by atomic mass is 10.1. The fourth-order valence-electron chi connectivity index (χ4n) is 1.53. The van der Waals surface area contributed by atoms with Crippen molar-refractivity contribution in [2.45, 2.75) is 31.2 Å². The predicted octanol–water partition coefficient (Wildman–Crippen LogP) is 0.0718. The summed E-state index contributed by atoms with van der Waals surface area (Å²) in [5.41, 5.74) is 5.82. The van der Waals surface area contributed by atoms with Crippen LogP contribution in [0.1, 0.15) is 20.3 Å². The Morgan fingerprint density at radius 1 is 1.53 bits per heavy atom. The zero-order valence-electron chi connectivity index (χ0n) is 10.4. The van der Waals surface area contributed by atoms with Crippen LogP contribution >= 0.6 is 0 Å². The van der Waals surface area contributed by atoms with Crippen molar-refractivity contribution in [3.63, 3.8) is 0 Å². The molecule has 17 heavy (non-hydrogen) atoms. The Labute approximate surface area is 102 Å². The monoisotopic (exact) mass is 260 g/mol. The van der Waals surface area contributed by atoms with Gasteiger partial charge in [-0.15, -0.1) is 0 Å². The van der Waals surface area contributed by atoms with Crippen LogP contribution in [0.4, 0.5) is 0 Å². The highest BCUT2D eigenvalue weighted by Gasteiger charge is 2.17. The number of nitrogens with one attached hydrogen (secondary N) is 1. The minimum absolute atomic E-state index is 0.164. The van der Waals surface area contributed by atoms with E-state index in [0.29, 0.717) is 5.92 Å². The minimum Gasteiger partial charge on any atom is -0.327 e. The van der Waals surface area contributed by atoms with Gasteiger partial charge in [0.2, 0.25) is 10.0 Å². The number of sulfonamides is 1. The van der Waals surface area contributed by atoms with Crippen molar-refractivity contribution < 1.29 is 8.42 Å². The van der Waals surface area contributed by atoms with Gasteiger partial charge in [-0.2, -0.15) is 5.10 Å². The molecular formula is C10H20N4O2S. The molecule has 1 heterocycles. The average molecular weight is 260 g/mol. The molecule has 98 valence electrons. The second-order valence-electron chi connectivity index (χ2n) is 4.59. The van der Waals surface area contributed by atoms with E-state index >= 15 is 0 Å². The third kappa shape index (κ3) is 4.45. The lowest BCUT2D eigenvalue weighted by molar-refractivity contribution is 0.486. The van der Waals surface area contributed by atoms with E-state index in [-0.39, 0.29) is 17.5 Å². The molecule has 0 saturated carbocycles. The third-order valence-electron chi connectivity index (χ3n) is 2.30.